The van der Waals surface area contributed by atoms with Crippen LogP contribution in [-0.2, 0) is 11.2 Å². The van der Waals surface area contributed by atoms with Crippen molar-refractivity contribution in [1.29, 1.82) is 0 Å². The number of aryl methyl sites for hydroxylation is 2. The Labute approximate surface area is 94.5 Å². The van der Waals surface area contributed by atoms with E-state index in [1.807, 2.05) is 6.92 Å². The van der Waals surface area contributed by atoms with Gasteiger partial charge in [0.2, 0.25) is 0 Å². The number of hydrogen-bond acceptors (Lipinski definition) is 3. The molecule has 0 saturated heterocycles. The molecule has 0 atom stereocenters. The molecule has 88 valence electrons. The second-order valence-corrected chi connectivity index (χ2v) is 3.70. The lowest BCUT2D eigenvalue weighted by Gasteiger charge is -2.09. The number of carbonyl (C=O) groups is 1. The number of benzene rings is 1. The van der Waals surface area contributed by atoms with Crippen molar-refractivity contribution >= 4 is 5.97 Å². The van der Waals surface area contributed by atoms with E-state index in [0.717, 1.165) is 11.1 Å². The third-order valence-electron chi connectivity index (χ3n) is 2.47. The number of carboxylic acids is 1. The van der Waals surface area contributed by atoms with Crippen LogP contribution in [0.1, 0.15) is 24.0 Å². The Morgan fingerprint density at radius 2 is 2.12 bits per heavy atom. The molecular weight excluding hydrogens is 208 g/mol. The molecule has 0 bridgehead atoms. The summed E-state index contributed by atoms with van der Waals surface area (Å²) < 4.78 is 5.00. The first-order valence-electron chi connectivity index (χ1n) is 5.13. The van der Waals surface area contributed by atoms with Gasteiger partial charge in [0.15, 0.2) is 11.5 Å². The van der Waals surface area contributed by atoms with Crippen LogP contribution in [0, 0.1) is 6.92 Å². The molecule has 4 nitrogen and oxygen atoms in total. The molecule has 0 aromatic heterocycles. The second kappa shape index (κ2) is 5.39. The lowest BCUT2D eigenvalue weighted by atomic mass is 10.0. The highest BCUT2D eigenvalue weighted by Crippen LogP contribution is 2.29. The molecular formula is C12H16O4. The predicted molar refractivity (Wildman–Crippen MR) is 60.0 cm³/mol. The quantitative estimate of drug-likeness (QED) is 0.803. The number of aromatic hydroxyl groups is 1. The lowest BCUT2D eigenvalue weighted by molar-refractivity contribution is -0.137. The Morgan fingerprint density at radius 1 is 1.44 bits per heavy atom. The standard InChI is InChI=1S/C12H16O4/c1-8-6-10(13)11(16-2)7-9(8)4-3-5-12(14)15/h6-7,13H,3-5H2,1-2H3,(H,14,15). The summed E-state index contributed by atoms with van der Waals surface area (Å²) in [5, 5.41) is 18.1. The molecule has 0 amide bonds. The van der Waals surface area contributed by atoms with Gasteiger partial charge >= 0.3 is 5.97 Å². The van der Waals surface area contributed by atoms with Gasteiger partial charge in [-0.15, -0.1) is 0 Å². The number of carboxylic acid groups (broad SMARTS) is 1. The zero-order valence-corrected chi connectivity index (χ0v) is 9.49. The van der Waals surface area contributed by atoms with E-state index in [-0.39, 0.29) is 12.2 Å². The highest BCUT2D eigenvalue weighted by Gasteiger charge is 2.07. The lowest BCUT2D eigenvalue weighted by Crippen LogP contribution is -1.98. The molecule has 2 N–H and O–H groups in total. The zero-order valence-electron chi connectivity index (χ0n) is 9.49. The topological polar surface area (TPSA) is 66.8 Å². The largest absolute Gasteiger partial charge is 0.504 e. The first kappa shape index (κ1) is 12.4. The minimum absolute atomic E-state index is 0.113. The third-order valence-corrected chi connectivity index (χ3v) is 2.47. The maximum absolute atomic E-state index is 10.4. The normalized spacial score (nSPS) is 10.1. The number of aliphatic carboxylic acids is 1. The van der Waals surface area contributed by atoms with E-state index in [9.17, 15) is 9.90 Å². The number of rotatable bonds is 5. The molecule has 0 radical (unpaired) electrons. The van der Waals surface area contributed by atoms with Crippen LogP contribution in [0.5, 0.6) is 11.5 Å². The van der Waals surface area contributed by atoms with Gasteiger partial charge in [0.25, 0.3) is 0 Å². The molecule has 1 aromatic carbocycles. The van der Waals surface area contributed by atoms with Crippen LogP contribution in [0.3, 0.4) is 0 Å². The van der Waals surface area contributed by atoms with Crippen LogP contribution in [-0.4, -0.2) is 23.3 Å². The maximum Gasteiger partial charge on any atom is 0.303 e. The van der Waals surface area contributed by atoms with Crippen LogP contribution < -0.4 is 4.74 Å². The van der Waals surface area contributed by atoms with E-state index < -0.39 is 5.97 Å². The summed E-state index contributed by atoms with van der Waals surface area (Å²) in [4.78, 5) is 10.4. The fraction of sp³-hybridized carbons (Fsp3) is 0.417. The average Bonchev–Trinajstić information content (AvgIpc) is 2.20. The van der Waals surface area contributed by atoms with Gasteiger partial charge in [-0.05, 0) is 43.0 Å². The van der Waals surface area contributed by atoms with Gasteiger partial charge < -0.3 is 14.9 Å². The van der Waals surface area contributed by atoms with Crippen LogP contribution in [0.4, 0.5) is 0 Å². The molecule has 0 spiro atoms. The Morgan fingerprint density at radius 3 is 2.69 bits per heavy atom. The summed E-state index contributed by atoms with van der Waals surface area (Å²) in [7, 11) is 1.49. The fourth-order valence-corrected chi connectivity index (χ4v) is 1.58. The smallest absolute Gasteiger partial charge is 0.303 e. The van der Waals surface area contributed by atoms with Crippen molar-refractivity contribution in [1.82, 2.24) is 0 Å². The molecule has 4 heteroatoms. The average molecular weight is 224 g/mol. The number of phenols is 1. The first-order chi connectivity index (χ1) is 7.54. The van der Waals surface area contributed by atoms with Gasteiger partial charge in [-0.2, -0.15) is 0 Å². The highest BCUT2D eigenvalue weighted by molar-refractivity contribution is 5.66. The Balaban J connectivity index is 2.75. The van der Waals surface area contributed by atoms with Crippen molar-refractivity contribution in [2.24, 2.45) is 0 Å². The molecule has 0 aliphatic heterocycles. The number of phenolic OH excluding ortho intramolecular Hbond substituents is 1. The van der Waals surface area contributed by atoms with Crippen LogP contribution in [0.2, 0.25) is 0 Å². The molecule has 0 unspecified atom stereocenters. The van der Waals surface area contributed by atoms with Crippen molar-refractivity contribution in [3.05, 3.63) is 23.3 Å². The summed E-state index contributed by atoms with van der Waals surface area (Å²) in [5.41, 5.74) is 1.96. The van der Waals surface area contributed by atoms with Gasteiger partial charge in [0.05, 0.1) is 7.11 Å². The van der Waals surface area contributed by atoms with Gasteiger partial charge in [-0.25, -0.2) is 0 Å². The number of hydrogen-bond donors (Lipinski definition) is 2. The van der Waals surface area contributed by atoms with Crippen LogP contribution in [0.15, 0.2) is 12.1 Å². The second-order valence-electron chi connectivity index (χ2n) is 3.70. The van der Waals surface area contributed by atoms with Crippen LogP contribution >= 0.6 is 0 Å². The highest BCUT2D eigenvalue weighted by atomic mass is 16.5. The SMILES string of the molecule is COc1cc(CCCC(=O)O)c(C)cc1O. The summed E-state index contributed by atoms with van der Waals surface area (Å²) >= 11 is 0. The number of ether oxygens (including phenoxy) is 1. The first-order valence-corrected chi connectivity index (χ1v) is 5.13. The van der Waals surface area contributed by atoms with Crippen molar-refractivity contribution in [2.75, 3.05) is 7.11 Å². The third kappa shape index (κ3) is 3.15. The van der Waals surface area contributed by atoms with Gasteiger partial charge in [0, 0.05) is 6.42 Å². The minimum atomic E-state index is -0.789. The van der Waals surface area contributed by atoms with Crippen molar-refractivity contribution < 1.29 is 19.7 Å². The van der Waals surface area contributed by atoms with E-state index in [2.05, 4.69) is 0 Å². The van der Waals surface area contributed by atoms with E-state index in [1.165, 1.54) is 7.11 Å². The summed E-state index contributed by atoms with van der Waals surface area (Å²) in [6.07, 6.45) is 1.42. The molecule has 0 aliphatic carbocycles. The van der Waals surface area contributed by atoms with Crippen molar-refractivity contribution in [3.8, 4) is 11.5 Å². The van der Waals surface area contributed by atoms with E-state index in [1.54, 1.807) is 12.1 Å². The Bertz CT molecular complexity index is 385. The summed E-state index contributed by atoms with van der Waals surface area (Å²) in [6, 6.07) is 3.39. The minimum Gasteiger partial charge on any atom is -0.504 e. The van der Waals surface area contributed by atoms with Gasteiger partial charge in [-0.3, -0.25) is 4.79 Å². The zero-order chi connectivity index (χ0) is 12.1. The van der Waals surface area contributed by atoms with E-state index in [4.69, 9.17) is 9.84 Å². The molecule has 16 heavy (non-hydrogen) atoms. The molecule has 1 aromatic rings. The summed E-state index contributed by atoms with van der Waals surface area (Å²) in [5.74, 6) is -0.249. The Kier molecular flexibility index (Phi) is 4.17. The monoisotopic (exact) mass is 224 g/mol. The van der Waals surface area contributed by atoms with E-state index in [0.29, 0.717) is 18.6 Å². The molecule has 0 aliphatic rings. The van der Waals surface area contributed by atoms with Crippen molar-refractivity contribution in [2.45, 2.75) is 26.2 Å². The predicted octanol–water partition coefficient (Wildman–Crippen LogP) is 2.12. The molecule has 0 fully saturated rings. The van der Waals surface area contributed by atoms with E-state index >= 15 is 0 Å². The molecule has 1 rings (SSSR count). The van der Waals surface area contributed by atoms with Crippen LogP contribution in [0.25, 0.3) is 0 Å². The molecule has 0 heterocycles. The van der Waals surface area contributed by atoms with Gasteiger partial charge in [0.1, 0.15) is 0 Å². The Hall–Kier alpha value is -1.71. The summed E-state index contributed by atoms with van der Waals surface area (Å²) in [6.45, 7) is 1.88. The maximum atomic E-state index is 10.4. The fourth-order valence-electron chi connectivity index (χ4n) is 1.58. The van der Waals surface area contributed by atoms with Crippen molar-refractivity contribution in [3.63, 3.8) is 0 Å². The molecule has 0 saturated carbocycles. The van der Waals surface area contributed by atoms with Gasteiger partial charge in [-0.1, -0.05) is 0 Å². The number of methoxy groups -OCH3 is 1.